The molecule has 0 unspecified atom stereocenters. The molecule has 27 heavy (non-hydrogen) atoms. The van der Waals surface area contributed by atoms with Gasteiger partial charge in [-0.15, -0.1) is 0 Å². The number of pyridine rings is 1. The molecule has 1 amide bonds. The second kappa shape index (κ2) is 9.60. The average Bonchev–Trinajstić information content (AvgIpc) is 2.62. The van der Waals surface area contributed by atoms with Crippen LogP contribution in [0.1, 0.15) is 35.2 Å². The number of ether oxygens (including phenoxy) is 2. The zero-order valence-corrected chi connectivity index (χ0v) is 17.4. The normalized spacial score (nSPS) is 10.6. The van der Waals surface area contributed by atoms with E-state index in [9.17, 15) is 4.79 Å². The number of rotatable bonds is 8. The smallest absolute Gasteiger partial charge is 0.222 e. The molecule has 2 rings (SSSR count). The molecule has 1 aromatic heterocycles. The number of aromatic nitrogens is 1. The van der Waals surface area contributed by atoms with Gasteiger partial charge in [0.1, 0.15) is 11.5 Å². The fraction of sp³-hybridized carbons (Fsp3) is 0.429. The van der Waals surface area contributed by atoms with Gasteiger partial charge in [0.15, 0.2) is 0 Å². The van der Waals surface area contributed by atoms with Gasteiger partial charge in [-0.05, 0) is 51.0 Å². The summed E-state index contributed by atoms with van der Waals surface area (Å²) in [5.41, 5.74) is 3.79. The second-order valence-corrected chi connectivity index (χ2v) is 7.09. The standard InChI is InChI=1S/C21H27ClN2O3/c1-14-11-17(22)8-9-19(14)27-10-6-7-20(25)24(4)13-18-16(3)21(26-5)15(2)12-23-18/h8-9,11-12H,6-7,10,13H2,1-5H3. The first-order valence-corrected chi connectivity index (χ1v) is 9.33. The van der Waals surface area contributed by atoms with Gasteiger partial charge in [0.25, 0.3) is 0 Å². The van der Waals surface area contributed by atoms with Crippen LogP contribution in [-0.2, 0) is 11.3 Å². The average molecular weight is 391 g/mol. The molecule has 0 aliphatic carbocycles. The van der Waals surface area contributed by atoms with Crippen LogP contribution in [-0.4, -0.2) is 36.6 Å². The number of amides is 1. The van der Waals surface area contributed by atoms with Crippen molar-refractivity contribution in [2.45, 2.75) is 40.2 Å². The monoisotopic (exact) mass is 390 g/mol. The van der Waals surface area contributed by atoms with Gasteiger partial charge in [-0.2, -0.15) is 0 Å². The van der Waals surface area contributed by atoms with E-state index in [-0.39, 0.29) is 5.91 Å². The molecule has 2 aromatic rings. The first-order chi connectivity index (χ1) is 12.8. The molecule has 0 spiro atoms. The third kappa shape index (κ3) is 5.60. The van der Waals surface area contributed by atoms with Crippen LogP contribution in [0.2, 0.25) is 5.02 Å². The van der Waals surface area contributed by atoms with Crippen LogP contribution in [0.25, 0.3) is 0 Å². The van der Waals surface area contributed by atoms with Crippen molar-refractivity contribution in [3.05, 3.63) is 51.8 Å². The number of hydrogen-bond donors (Lipinski definition) is 0. The van der Waals surface area contributed by atoms with Crippen LogP contribution >= 0.6 is 11.6 Å². The van der Waals surface area contributed by atoms with E-state index in [0.717, 1.165) is 33.9 Å². The molecule has 5 nitrogen and oxygen atoms in total. The number of carbonyl (C=O) groups is 1. The molecule has 0 atom stereocenters. The highest BCUT2D eigenvalue weighted by Gasteiger charge is 2.14. The highest BCUT2D eigenvalue weighted by atomic mass is 35.5. The van der Waals surface area contributed by atoms with Gasteiger partial charge in [-0.25, -0.2) is 0 Å². The van der Waals surface area contributed by atoms with Crippen LogP contribution in [0, 0.1) is 20.8 Å². The first-order valence-electron chi connectivity index (χ1n) is 8.95. The van der Waals surface area contributed by atoms with Crippen molar-refractivity contribution in [3.8, 4) is 11.5 Å². The Bertz CT molecular complexity index is 808. The van der Waals surface area contributed by atoms with Crippen molar-refractivity contribution < 1.29 is 14.3 Å². The summed E-state index contributed by atoms with van der Waals surface area (Å²) in [6.07, 6.45) is 2.85. The van der Waals surface area contributed by atoms with E-state index < -0.39 is 0 Å². The second-order valence-electron chi connectivity index (χ2n) is 6.66. The van der Waals surface area contributed by atoms with E-state index in [1.54, 1.807) is 31.3 Å². The number of hydrogen-bond acceptors (Lipinski definition) is 4. The lowest BCUT2D eigenvalue weighted by molar-refractivity contribution is -0.130. The van der Waals surface area contributed by atoms with E-state index in [1.165, 1.54) is 0 Å². The summed E-state index contributed by atoms with van der Waals surface area (Å²) in [6, 6.07) is 5.51. The highest BCUT2D eigenvalue weighted by molar-refractivity contribution is 6.30. The molecule has 0 saturated carbocycles. The summed E-state index contributed by atoms with van der Waals surface area (Å²) in [7, 11) is 3.44. The summed E-state index contributed by atoms with van der Waals surface area (Å²) in [4.78, 5) is 18.5. The van der Waals surface area contributed by atoms with Crippen molar-refractivity contribution in [1.29, 1.82) is 0 Å². The molecular weight excluding hydrogens is 364 g/mol. The van der Waals surface area contributed by atoms with Crippen LogP contribution in [0.3, 0.4) is 0 Å². The van der Waals surface area contributed by atoms with Crippen LogP contribution in [0.4, 0.5) is 0 Å². The molecule has 0 saturated heterocycles. The fourth-order valence-electron chi connectivity index (χ4n) is 2.91. The Morgan fingerprint density at radius 1 is 1.22 bits per heavy atom. The molecule has 1 aromatic carbocycles. The molecule has 0 aliphatic heterocycles. The molecule has 0 radical (unpaired) electrons. The van der Waals surface area contributed by atoms with Gasteiger partial charge in [0.2, 0.25) is 5.91 Å². The van der Waals surface area contributed by atoms with Crippen molar-refractivity contribution in [2.24, 2.45) is 0 Å². The minimum atomic E-state index is 0.0622. The van der Waals surface area contributed by atoms with Gasteiger partial charge in [-0.1, -0.05) is 11.6 Å². The van der Waals surface area contributed by atoms with Crippen LogP contribution in [0.5, 0.6) is 11.5 Å². The largest absolute Gasteiger partial charge is 0.496 e. The van der Waals surface area contributed by atoms with Gasteiger partial charge in [-0.3, -0.25) is 9.78 Å². The van der Waals surface area contributed by atoms with E-state index in [2.05, 4.69) is 4.98 Å². The molecule has 0 N–H and O–H groups in total. The van der Waals surface area contributed by atoms with E-state index in [1.807, 2.05) is 32.9 Å². The predicted octanol–water partition coefficient (Wildman–Crippen LogP) is 4.49. The topological polar surface area (TPSA) is 51.7 Å². The Kier molecular flexibility index (Phi) is 7.48. The quantitative estimate of drug-likeness (QED) is 0.623. The number of aryl methyl sites for hydroxylation is 2. The number of benzene rings is 1. The fourth-order valence-corrected chi connectivity index (χ4v) is 3.14. The van der Waals surface area contributed by atoms with Crippen molar-refractivity contribution >= 4 is 17.5 Å². The van der Waals surface area contributed by atoms with Crippen molar-refractivity contribution in [1.82, 2.24) is 9.88 Å². The Morgan fingerprint density at radius 3 is 2.63 bits per heavy atom. The van der Waals surface area contributed by atoms with E-state index >= 15 is 0 Å². The Morgan fingerprint density at radius 2 is 1.96 bits per heavy atom. The van der Waals surface area contributed by atoms with Gasteiger partial charge >= 0.3 is 0 Å². The predicted molar refractivity (Wildman–Crippen MR) is 108 cm³/mol. The van der Waals surface area contributed by atoms with Crippen molar-refractivity contribution in [2.75, 3.05) is 20.8 Å². The van der Waals surface area contributed by atoms with Crippen molar-refractivity contribution in [3.63, 3.8) is 0 Å². The number of carbonyl (C=O) groups excluding carboxylic acids is 1. The SMILES string of the molecule is COc1c(C)cnc(CN(C)C(=O)CCCOc2ccc(Cl)cc2C)c1C. The highest BCUT2D eigenvalue weighted by Crippen LogP contribution is 2.25. The van der Waals surface area contributed by atoms with Gasteiger partial charge in [0, 0.05) is 35.8 Å². The molecule has 6 heteroatoms. The zero-order chi connectivity index (χ0) is 20.0. The van der Waals surface area contributed by atoms with Gasteiger partial charge < -0.3 is 14.4 Å². The summed E-state index contributed by atoms with van der Waals surface area (Å²) < 4.78 is 11.2. The van der Waals surface area contributed by atoms with Gasteiger partial charge in [0.05, 0.1) is 26.0 Å². The first kappa shape index (κ1) is 21.0. The number of halogens is 1. The third-order valence-corrected chi connectivity index (χ3v) is 4.73. The maximum atomic E-state index is 12.4. The van der Waals surface area contributed by atoms with Crippen LogP contribution < -0.4 is 9.47 Å². The van der Waals surface area contributed by atoms with Crippen LogP contribution in [0.15, 0.2) is 24.4 Å². The minimum absolute atomic E-state index is 0.0622. The molecule has 0 bridgehead atoms. The summed E-state index contributed by atoms with van der Waals surface area (Å²) in [5.74, 6) is 1.69. The zero-order valence-electron chi connectivity index (χ0n) is 16.6. The van der Waals surface area contributed by atoms with E-state index in [0.29, 0.717) is 31.0 Å². The molecule has 0 fully saturated rings. The number of methoxy groups -OCH3 is 1. The maximum Gasteiger partial charge on any atom is 0.222 e. The molecule has 146 valence electrons. The lowest BCUT2D eigenvalue weighted by atomic mass is 10.1. The lowest BCUT2D eigenvalue weighted by Gasteiger charge is -2.19. The number of nitrogens with zero attached hydrogens (tertiary/aromatic N) is 2. The third-order valence-electron chi connectivity index (χ3n) is 4.49. The Hall–Kier alpha value is -2.27. The summed E-state index contributed by atoms with van der Waals surface area (Å²) in [5, 5.41) is 0.688. The lowest BCUT2D eigenvalue weighted by Crippen LogP contribution is -2.27. The minimum Gasteiger partial charge on any atom is -0.496 e. The summed E-state index contributed by atoms with van der Waals surface area (Å²) in [6.45, 7) is 6.82. The molecular formula is C21H27ClN2O3. The molecule has 1 heterocycles. The molecule has 0 aliphatic rings. The maximum absolute atomic E-state index is 12.4. The summed E-state index contributed by atoms with van der Waals surface area (Å²) >= 11 is 5.94. The van der Waals surface area contributed by atoms with E-state index in [4.69, 9.17) is 21.1 Å². The Balaban J connectivity index is 1.84. The Labute approximate surface area is 166 Å².